The van der Waals surface area contributed by atoms with E-state index in [0.29, 0.717) is 11.9 Å². The summed E-state index contributed by atoms with van der Waals surface area (Å²) in [6, 6.07) is 4.20. The molecule has 0 amide bonds. The molecule has 1 fully saturated rings. The molecule has 0 radical (unpaired) electrons. The summed E-state index contributed by atoms with van der Waals surface area (Å²) in [6.45, 7) is 1.59. The lowest BCUT2D eigenvalue weighted by Gasteiger charge is -2.11. The molecule has 4 nitrogen and oxygen atoms in total. The molecule has 1 aliphatic heterocycles. The number of anilines is 2. The molecule has 3 N–H and O–H groups in total. The second-order valence-electron chi connectivity index (χ2n) is 3.30. The number of rotatable bonds is 2. The Labute approximate surface area is 96.4 Å². The molecule has 14 heavy (non-hydrogen) atoms. The average Bonchev–Trinajstić information content (AvgIpc) is 2.54. The van der Waals surface area contributed by atoms with Gasteiger partial charge in [0.2, 0.25) is 0 Å². The van der Waals surface area contributed by atoms with Crippen molar-refractivity contribution in [1.82, 2.24) is 4.98 Å². The number of ether oxygens (including phenoxy) is 1. The van der Waals surface area contributed by atoms with Gasteiger partial charge in [-0.2, -0.15) is 0 Å². The van der Waals surface area contributed by atoms with Gasteiger partial charge in [-0.15, -0.1) is 0 Å². The highest BCUT2D eigenvalue weighted by atomic mass is 127. The number of hydrogen-bond acceptors (Lipinski definition) is 4. The Morgan fingerprint density at radius 2 is 2.43 bits per heavy atom. The van der Waals surface area contributed by atoms with E-state index in [1.165, 1.54) is 0 Å². The van der Waals surface area contributed by atoms with Crippen LogP contribution in [0.4, 0.5) is 11.6 Å². The van der Waals surface area contributed by atoms with E-state index < -0.39 is 0 Å². The molecular formula is C9H12IN3O. The molecule has 2 rings (SSSR count). The summed E-state index contributed by atoms with van der Waals surface area (Å²) in [4.78, 5) is 4.20. The largest absolute Gasteiger partial charge is 0.384 e. The predicted octanol–water partition coefficient (Wildman–Crippen LogP) is 1.47. The first-order valence-electron chi connectivity index (χ1n) is 4.51. The van der Waals surface area contributed by atoms with E-state index in [0.717, 1.165) is 29.0 Å². The quantitative estimate of drug-likeness (QED) is 0.812. The zero-order chi connectivity index (χ0) is 9.97. The smallest absolute Gasteiger partial charge is 0.129 e. The molecule has 0 unspecified atom stereocenters. The van der Waals surface area contributed by atoms with Gasteiger partial charge in [-0.05, 0) is 41.1 Å². The van der Waals surface area contributed by atoms with Gasteiger partial charge < -0.3 is 15.8 Å². The Hall–Kier alpha value is -0.560. The number of halogens is 1. The average molecular weight is 305 g/mol. The number of aromatic nitrogens is 1. The van der Waals surface area contributed by atoms with Crippen molar-refractivity contribution in [3.05, 3.63) is 15.7 Å². The molecule has 0 aromatic carbocycles. The maximum Gasteiger partial charge on any atom is 0.129 e. The van der Waals surface area contributed by atoms with Gasteiger partial charge in [0.05, 0.1) is 12.6 Å². The van der Waals surface area contributed by atoms with E-state index in [-0.39, 0.29) is 0 Å². The highest BCUT2D eigenvalue weighted by Gasteiger charge is 2.15. The van der Waals surface area contributed by atoms with Crippen LogP contribution < -0.4 is 11.1 Å². The normalized spacial score (nSPS) is 21.1. The molecule has 1 aromatic heterocycles. The molecule has 0 saturated carbocycles. The van der Waals surface area contributed by atoms with Crippen molar-refractivity contribution in [2.75, 3.05) is 24.3 Å². The number of nitrogens with two attached hydrogens (primary N) is 1. The number of nitrogen functional groups attached to an aromatic ring is 1. The molecule has 2 heterocycles. The maximum atomic E-state index is 5.65. The lowest BCUT2D eigenvalue weighted by molar-refractivity contribution is 0.195. The molecule has 76 valence electrons. The number of nitrogens with zero attached hydrogens (tertiary/aromatic N) is 1. The molecule has 5 heteroatoms. The summed E-state index contributed by atoms with van der Waals surface area (Å²) in [6.07, 6.45) is 1.03. The van der Waals surface area contributed by atoms with Gasteiger partial charge in [0.1, 0.15) is 11.6 Å². The first kappa shape index (κ1) is 9.97. The van der Waals surface area contributed by atoms with Crippen molar-refractivity contribution in [3.63, 3.8) is 0 Å². The van der Waals surface area contributed by atoms with E-state index in [1.807, 2.05) is 12.1 Å². The molecular weight excluding hydrogens is 293 g/mol. The van der Waals surface area contributed by atoms with Crippen LogP contribution in [-0.4, -0.2) is 24.2 Å². The van der Waals surface area contributed by atoms with Crippen LogP contribution in [0, 0.1) is 3.57 Å². The lowest BCUT2D eigenvalue weighted by atomic mass is 10.2. The van der Waals surface area contributed by atoms with Crippen LogP contribution in [0.3, 0.4) is 0 Å². The Bertz CT molecular complexity index is 306. The fourth-order valence-electron chi connectivity index (χ4n) is 1.45. The molecule has 1 atom stereocenters. The van der Waals surface area contributed by atoms with Crippen LogP contribution in [0.2, 0.25) is 0 Å². The number of nitrogens with one attached hydrogen (secondary N) is 1. The SMILES string of the molecule is Nc1cc(I)cc(N[C@H]2CCOC2)n1. The van der Waals surface area contributed by atoms with Crippen LogP contribution in [0.25, 0.3) is 0 Å². The minimum atomic E-state index is 0.375. The summed E-state index contributed by atoms with van der Waals surface area (Å²) < 4.78 is 6.36. The fourth-order valence-corrected chi connectivity index (χ4v) is 2.06. The molecule has 1 aliphatic rings. The van der Waals surface area contributed by atoms with E-state index >= 15 is 0 Å². The van der Waals surface area contributed by atoms with Crippen LogP contribution in [-0.2, 0) is 4.74 Å². The monoisotopic (exact) mass is 305 g/mol. The van der Waals surface area contributed by atoms with Gasteiger partial charge in [-0.25, -0.2) is 4.98 Å². The summed E-state index contributed by atoms with van der Waals surface area (Å²) >= 11 is 2.23. The van der Waals surface area contributed by atoms with Crippen LogP contribution in [0.15, 0.2) is 12.1 Å². The molecule has 0 aliphatic carbocycles. The van der Waals surface area contributed by atoms with Crippen molar-refractivity contribution < 1.29 is 4.74 Å². The maximum absolute atomic E-state index is 5.65. The second-order valence-corrected chi connectivity index (χ2v) is 4.55. The predicted molar refractivity (Wildman–Crippen MR) is 64.2 cm³/mol. The van der Waals surface area contributed by atoms with Crippen molar-refractivity contribution in [1.29, 1.82) is 0 Å². The van der Waals surface area contributed by atoms with Crippen molar-refractivity contribution in [2.24, 2.45) is 0 Å². The topological polar surface area (TPSA) is 60.2 Å². The Kier molecular flexibility index (Phi) is 3.07. The van der Waals surface area contributed by atoms with E-state index in [9.17, 15) is 0 Å². The van der Waals surface area contributed by atoms with E-state index in [1.54, 1.807) is 0 Å². The first-order chi connectivity index (χ1) is 6.74. The van der Waals surface area contributed by atoms with Crippen LogP contribution in [0.1, 0.15) is 6.42 Å². The number of hydrogen-bond donors (Lipinski definition) is 2. The standard InChI is InChI=1S/C9H12IN3O/c10-6-3-8(11)13-9(4-6)12-7-1-2-14-5-7/h3-4,7H,1-2,5H2,(H3,11,12,13)/t7-/m0/s1. The van der Waals surface area contributed by atoms with Gasteiger partial charge in [-0.1, -0.05) is 0 Å². The Morgan fingerprint density at radius 1 is 1.57 bits per heavy atom. The lowest BCUT2D eigenvalue weighted by Crippen LogP contribution is -2.19. The highest BCUT2D eigenvalue weighted by molar-refractivity contribution is 14.1. The third-order valence-corrected chi connectivity index (χ3v) is 2.71. The minimum absolute atomic E-state index is 0.375. The zero-order valence-corrected chi connectivity index (χ0v) is 9.82. The molecule has 1 aromatic rings. The number of pyridine rings is 1. The third kappa shape index (κ3) is 2.48. The van der Waals surface area contributed by atoms with Gasteiger partial charge in [0.25, 0.3) is 0 Å². The summed E-state index contributed by atoms with van der Waals surface area (Å²) in [7, 11) is 0. The van der Waals surface area contributed by atoms with Crippen LogP contribution in [0.5, 0.6) is 0 Å². The minimum Gasteiger partial charge on any atom is -0.384 e. The molecule has 0 spiro atoms. The van der Waals surface area contributed by atoms with Gasteiger partial charge in [-0.3, -0.25) is 0 Å². The molecule has 1 saturated heterocycles. The zero-order valence-electron chi connectivity index (χ0n) is 7.66. The van der Waals surface area contributed by atoms with Crippen molar-refractivity contribution >= 4 is 34.2 Å². The molecule has 0 bridgehead atoms. The first-order valence-corrected chi connectivity index (χ1v) is 5.59. The third-order valence-electron chi connectivity index (χ3n) is 2.09. The van der Waals surface area contributed by atoms with Crippen molar-refractivity contribution in [3.8, 4) is 0 Å². The second kappa shape index (κ2) is 4.31. The van der Waals surface area contributed by atoms with Crippen LogP contribution >= 0.6 is 22.6 Å². The van der Waals surface area contributed by atoms with Gasteiger partial charge in [0, 0.05) is 10.2 Å². The summed E-state index contributed by atoms with van der Waals surface area (Å²) in [5.41, 5.74) is 5.65. The summed E-state index contributed by atoms with van der Waals surface area (Å²) in [5, 5.41) is 3.30. The Balaban J connectivity index is 2.07. The van der Waals surface area contributed by atoms with Crippen molar-refractivity contribution in [2.45, 2.75) is 12.5 Å². The summed E-state index contributed by atoms with van der Waals surface area (Å²) in [5.74, 6) is 1.39. The van der Waals surface area contributed by atoms with Gasteiger partial charge in [0.15, 0.2) is 0 Å². The van der Waals surface area contributed by atoms with E-state index in [2.05, 4.69) is 32.9 Å². The van der Waals surface area contributed by atoms with Gasteiger partial charge >= 0.3 is 0 Å². The highest BCUT2D eigenvalue weighted by Crippen LogP contribution is 2.16. The van der Waals surface area contributed by atoms with E-state index in [4.69, 9.17) is 10.5 Å². The Morgan fingerprint density at radius 3 is 3.07 bits per heavy atom. The fraction of sp³-hybridized carbons (Fsp3) is 0.444.